The summed E-state index contributed by atoms with van der Waals surface area (Å²) in [5.41, 5.74) is 1.36. The van der Waals surface area contributed by atoms with Gasteiger partial charge in [0.1, 0.15) is 5.75 Å². The Hall–Kier alpha value is -1.57. The van der Waals surface area contributed by atoms with Gasteiger partial charge in [0.25, 0.3) is 0 Å². The number of carbonyl (C=O) groups is 1. The highest BCUT2D eigenvalue weighted by Gasteiger charge is 2.22. The minimum atomic E-state index is -3.87. The number of nitrogens with one attached hydrogen (secondary N) is 2. The van der Waals surface area contributed by atoms with E-state index in [1.54, 1.807) is 0 Å². The average molecular weight is 415 g/mol. The molecule has 27 heavy (non-hydrogen) atoms. The maximum absolute atomic E-state index is 12.5. The van der Waals surface area contributed by atoms with Crippen molar-refractivity contribution < 1.29 is 17.9 Å². The number of benzene rings is 1. The van der Waals surface area contributed by atoms with Gasteiger partial charge in [0, 0.05) is 6.54 Å². The van der Waals surface area contributed by atoms with E-state index in [4.69, 9.17) is 16.3 Å². The highest BCUT2D eigenvalue weighted by molar-refractivity contribution is 7.89. The number of hydrogen-bond acceptors (Lipinski definition) is 4. The van der Waals surface area contributed by atoms with Gasteiger partial charge in [-0.2, -0.15) is 4.72 Å². The highest BCUT2D eigenvalue weighted by Crippen LogP contribution is 2.27. The molecule has 1 atom stereocenters. The first-order valence-corrected chi connectivity index (χ1v) is 11.1. The quantitative estimate of drug-likeness (QED) is 0.606. The van der Waals surface area contributed by atoms with Crippen LogP contribution >= 0.6 is 11.6 Å². The van der Waals surface area contributed by atoms with E-state index >= 15 is 0 Å². The van der Waals surface area contributed by atoms with Crippen molar-refractivity contribution >= 4 is 27.5 Å². The number of halogens is 1. The molecule has 1 aliphatic carbocycles. The van der Waals surface area contributed by atoms with Gasteiger partial charge in [0.05, 0.1) is 22.6 Å². The molecule has 0 saturated carbocycles. The standard InChI is InChI=1S/C19H27ClN2O4S/c1-3-26-18-10-9-16(13-17(18)20)27(24,25)22-14(2)19(23)21-12-11-15-7-5-4-6-8-15/h7,9-10,13-14,22H,3-6,8,11-12H2,1-2H3,(H,21,23)/t14-/m0/s1. The first kappa shape index (κ1) is 21.7. The Morgan fingerprint density at radius 1 is 1.33 bits per heavy atom. The van der Waals surface area contributed by atoms with E-state index in [9.17, 15) is 13.2 Å². The minimum Gasteiger partial charge on any atom is -0.492 e. The van der Waals surface area contributed by atoms with Gasteiger partial charge >= 0.3 is 0 Å². The topological polar surface area (TPSA) is 84.5 Å². The van der Waals surface area contributed by atoms with Crippen LogP contribution in [0.4, 0.5) is 0 Å². The van der Waals surface area contributed by atoms with Gasteiger partial charge in [0.15, 0.2) is 0 Å². The van der Waals surface area contributed by atoms with Crippen LogP contribution in [0.1, 0.15) is 46.0 Å². The second-order valence-corrected chi connectivity index (χ2v) is 8.64. The molecule has 0 bridgehead atoms. The van der Waals surface area contributed by atoms with Crippen molar-refractivity contribution in [1.82, 2.24) is 10.0 Å². The fourth-order valence-corrected chi connectivity index (χ4v) is 4.44. The summed E-state index contributed by atoms with van der Waals surface area (Å²) in [5, 5.41) is 2.99. The third-order valence-electron chi connectivity index (χ3n) is 4.37. The van der Waals surface area contributed by atoms with Crippen LogP contribution in [0.25, 0.3) is 0 Å². The zero-order valence-corrected chi connectivity index (χ0v) is 17.3. The lowest BCUT2D eigenvalue weighted by Gasteiger charge is -2.16. The molecule has 150 valence electrons. The molecule has 0 spiro atoms. The summed E-state index contributed by atoms with van der Waals surface area (Å²) in [6.45, 7) is 4.26. The molecule has 0 unspecified atom stereocenters. The lowest BCUT2D eigenvalue weighted by Crippen LogP contribution is -2.45. The molecule has 2 N–H and O–H groups in total. The Morgan fingerprint density at radius 2 is 2.11 bits per heavy atom. The fourth-order valence-electron chi connectivity index (χ4n) is 2.91. The lowest BCUT2D eigenvalue weighted by atomic mass is 9.97. The molecule has 1 aromatic carbocycles. The van der Waals surface area contributed by atoms with Crippen LogP contribution in [-0.4, -0.2) is 33.5 Å². The van der Waals surface area contributed by atoms with E-state index in [0.29, 0.717) is 18.9 Å². The van der Waals surface area contributed by atoms with Gasteiger partial charge in [-0.25, -0.2) is 8.42 Å². The molecule has 0 heterocycles. The van der Waals surface area contributed by atoms with Gasteiger partial charge in [-0.1, -0.05) is 23.3 Å². The van der Waals surface area contributed by atoms with Crippen LogP contribution in [0, 0.1) is 0 Å². The molecule has 0 aromatic heterocycles. The molecular formula is C19H27ClN2O4S. The molecule has 1 aliphatic rings. The van der Waals surface area contributed by atoms with Crippen molar-refractivity contribution in [3.63, 3.8) is 0 Å². The van der Waals surface area contributed by atoms with Crippen LogP contribution < -0.4 is 14.8 Å². The lowest BCUT2D eigenvalue weighted by molar-refractivity contribution is -0.122. The monoisotopic (exact) mass is 414 g/mol. The van der Waals surface area contributed by atoms with Gasteiger partial charge < -0.3 is 10.1 Å². The molecule has 2 rings (SSSR count). The van der Waals surface area contributed by atoms with E-state index < -0.39 is 16.1 Å². The van der Waals surface area contributed by atoms with Crippen molar-refractivity contribution in [2.75, 3.05) is 13.2 Å². The number of hydrogen-bond donors (Lipinski definition) is 2. The smallest absolute Gasteiger partial charge is 0.241 e. The highest BCUT2D eigenvalue weighted by atomic mass is 35.5. The van der Waals surface area contributed by atoms with Gasteiger partial charge in [0.2, 0.25) is 15.9 Å². The van der Waals surface area contributed by atoms with Crippen molar-refractivity contribution in [3.8, 4) is 5.75 Å². The molecule has 0 fully saturated rings. The Bertz CT molecular complexity index is 793. The summed E-state index contributed by atoms with van der Waals surface area (Å²) in [4.78, 5) is 12.2. The SMILES string of the molecule is CCOc1ccc(S(=O)(=O)N[C@@H](C)C(=O)NCCC2=CCCCC2)cc1Cl. The van der Waals surface area contributed by atoms with Gasteiger partial charge in [-0.3, -0.25) is 4.79 Å². The van der Waals surface area contributed by atoms with Crippen LogP contribution in [0.5, 0.6) is 5.75 Å². The van der Waals surface area contributed by atoms with Gasteiger partial charge in [-0.05, 0) is 64.2 Å². The molecular weight excluding hydrogens is 388 g/mol. The number of rotatable bonds is 9. The molecule has 1 aromatic rings. The van der Waals surface area contributed by atoms with Gasteiger partial charge in [-0.15, -0.1) is 0 Å². The Labute approximate surface area is 166 Å². The first-order valence-electron chi connectivity index (χ1n) is 9.23. The predicted molar refractivity (Wildman–Crippen MR) is 107 cm³/mol. The summed E-state index contributed by atoms with van der Waals surface area (Å²) in [6, 6.07) is 3.33. The third kappa shape index (κ3) is 6.52. The van der Waals surface area contributed by atoms with Crippen molar-refractivity contribution in [2.45, 2.75) is 56.9 Å². The third-order valence-corrected chi connectivity index (χ3v) is 6.20. The summed E-state index contributed by atoms with van der Waals surface area (Å²) < 4.78 is 32.7. The van der Waals surface area contributed by atoms with E-state index in [0.717, 1.165) is 19.3 Å². The summed E-state index contributed by atoms with van der Waals surface area (Å²) in [6.07, 6.45) is 7.64. The maximum Gasteiger partial charge on any atom is 0.241 e. The van der Waals surface area contributed by atoms with E-state index in [2.05, 4.69) is 16.1 Å². The van der Waals surface area contributed by atoms with Crippen molar-refractivity contribution in [3.05, 3.63) is 34.9 Å². The van der Waals surface area contributed by atoms with E-state index in [-0.39, 0.29) is 15.8 Å². The summed E-state index contributed by atoms with van der Waals surface area (Å²) in [7, 11) is -3.87. The predicted octanol–water partition coefficient (Wildman–Crippen LogP) is 3.41. The van der Waals surface area contributed by atoms with Crippen LogP contribution in [0.3, 0.4) is 0 Å². The molecule has 0 saturated heterocycles. The molecule has 6 nitrogen and oxygen atoms in total. The van der Waals surface area contributed by atoms with E-state index in [1.165, 1.54) is 43.5 Å². The largest absolute Gasteiger partial charge is 0.492 e. The Morgan fingerprint density at radius 3 is 2.74 bits per heavy atom. The first-order chi connectivity index (χ1) is 12.8. The van der Waals surface area contributed by atoms with Crippen molar-refractivity contribution in [2.24, 2.45) is 0 Å². The van der Waals surface area contributed by atoms with Crippen LogP contribution in [0.15, 0.2) is 34.7 Å². The second-order valence-electron chi connectivity index (χ2n) is 6.52. The minimum absolute atomic E-state index is 0.0111. The zero-order valence-electron chi connectivity index (χ0n) is 15.8. The number of ether oxygens (including phenoxy) is 1. The number of carbonyl (C=O) groups excluding carboxylic acids is 1. The molecule has 0 aliphatic heterocycles. The maximum atomic E-state index is 12.5. The average Bonchev–Trinajstić information content (AvgIpc) is 2.64. The summed E-state index contributed by atoms with van der Waals surface area (Å²) in [5.74, 6) is 0.0629. The van der Waals surface area contributed by atoms with Crippen molar-refractivity contribution in [1.29, 1.82) is 0 Å². The molecule has 8 heteroatoms. The van der Waals surface area contributed by atoms with E-state index in [1.807, 2.05) is 6.92 Å². The normalized spacial score (nSPS) is 15.7. The number of sulfonamides is 1. The Kier molecular flexibility index (Phi) is 8.13. The molecule has 0 radical (unpaired) electrons. The number of allylic oxidation sites excluding steroid dienone is 1. The molecule has 1 amide bonds. The zero-order chi connectivity index (χ0) is 19.9. The second kappa shape index (κ2) is 10.1. The van der Waals surface area contributed by atoms with Crippen LogP contribution in [-0.2, 0) is 14.8 Å². The summed E-state index contributed by atoms with van der Waals surface area (Å²) >= 11 is 6.05. The number of amides is 1. The fraction of sp³-hybridized carbons (Fsp3) is 0.526. The van der Waals surface area contributed by atoms with Crippen LogP contribution in [0.2, 0.25) is 5.02 Å². The Balaban J connectivity index is 1.90.